The predicted octanol–water partition coefficient (Wildman–Crippen LogP) is 4.30. The standard InChI is InChI=1S/C16H18Cl2N2/c1-20(2)13-6-4-12(5-7-13)16(19)10-11-3-8-14(17)15(18)9-11/h3-9,16H,10,19H2,1-2H3. The van der Waals surface area contributed by atoms with Gasteiger partial charge in [-0.1, -0.05) is 41.4 Å². The summed E-state index contributed by atoms with van der Waals surface area (Å²) in [7, 11) is 4.04. The Hall–Kier alpha value is -1.22. The first kappa shape index (κ1) is 15.2. The molecule has 2 aromatic carbocycles. The second-order valence-electron chi connectivity index (χ2n) is 5.05. The number of rotatable bonds is 4. The van der Waals surface area contributed by atoms with Gasteiger partial charge in [-0.15, -0.1) is 0 Å². The summed E-state index contributed by atoms with van der Waals surface area (Å²) in [4.78, 5) is 2.06. The van der Waals surface area contributed by atoms with Crippen molar-refractivity contribution in [3.05, 3.63) is 63.6 Å². The molecule has 2 aromatic rings. The van der Waals surface area contributed by atoms with Crippen LogP contribution in [0.3, 0.4) is 0 Å². The van der Waals surface area contributed by atoms with E-state index in [4.69, 9.17) is 28.9 Å². The van der Waals surface area contributed by atoms with Crippen LogP contribution in [0.25, 0.3) is 0 Å². The first-order valence-electron chi connectivity index (χ1n) is 6.44. The number of hydrogen-bond donors (Lipinski definition) is 1. The first-order chi connectivity index (χ1) is 9.47. The summed E-state index contributed by atoms with van der Waals surface area (Å²) in [5.41, 5.74) is 9.61. The molecule has 2 nitrogen and oxygen atoms in total. The first-order valence-corrected chi connectivity index (χ1v) is 7.20. The van der Waals surface area contributed by atoms with Crippen molar-refractivity contribution in [2.45, 2.75) is 12.5 Å². The highest BCUT2D eigenvalue weighted by atomic mass is 35.5. The van der Waals surface area contributed by atoms with Gasteiger partial charge in [-0.25, -0.2) is 0 Å². The Labute approximate surface area is 130 Å². The van der Waals surface area contributed by atoms with Crippen LogP contribution in [0.15, 0.2) is 42.5 Å². The van der Waals surface area contributed by atoms with Gasteiger partial charge >= 0.3 is 0 Å². The van der Waals surface area contributed by atoms with Crippen molar-refractivity contribution in [3.63, 3.8) is 0 Å². The van der Waals surface area contributed by atoms with Gasteiger partial charge in [-0.05, 0) is 41.8 Å². The molecule has 4 heteroatoms. The molecule has 0 bridgehead atoms. The lowest BCUT2D eigenvalue weighted by Crippen LogP contribution is -2.14. The van der Waals surface area contributed by atoms with Crippen molar-refractivity contribution in [1.29, 1.82) is 0 Å². The summed E-state index contributed by atoms with van der Waals surface area (Å²) in [5.74, 6) is 0. The summed E-state index contributed by atoms with van der Waals surface area (Å²) in [6.07, 6.45) is 0.734. The maximum absolute atomic E-state index is 6.25. The molecule has 0 aromatic heterocycles. The normalized spacial score (nSPS) is 12.2. The Balaban J connectivity index is 2.10. The molecule has 0 fully saturated rings. The molecular weight excluding hydrogens is 291 g/mol. The molecule has 0 radical (unpaired) electrons. The van der Waals surface area contributed by atoms with Crippen LogP contribution in [0.2, 0.25) is 10.0 Å². The second-order valence-corrected chi connectivity index (χ2v) is 5.86. The van der Waals surface area contributed by atoms with E-state index in [1.165, 1.54) is 0 Å². The molecule has 106 valence electrons. The van der Waals surface area contributed by atoms with Crippen molar-refractivity contribution in [2.24, 2.45) is 5.73 Å². The van der Waals surface area contributed by atoms with Gasteiger partial charge in [0.15, 0.2) is 0 Å². The summed E-state index contributed by atoms with van der Waals surface area (Å²) < 4.78 is 0. The van der Waals surface area contributed by atoms with Gasteiger partial charge in [0.25, 0.3) is 0 Å². The fourth-order valence-corrected chi connectivity index (χ4v) is 2.38. The van der Waals surface area contributed by atoms with E-state index < -0.39 is 0 Å². The van der Waals surface area contributed by atoms with Crippen molar-refractivity contribution < 1.29 is 0 Å². The number of halogens is 2. The number of nitrogens with zero attached hydrogens (tertiary/aromatic N) is 1. The minimum absolute atomic E-state index is 0.0524. The van der Waals surface area contributed by atoms with Crippen LogP contribution in [0.5, 0.6) is 0 Å². The Morgan fingerprint density at radius 2 is 1.65 bits per heavy atom. The molecule has 20 heavy (non-hydrogen) atoms. The minimum Gasteiger partial charge on any atom is -0.378 e. The molecule has 0 saturated heterocycles. The highest BCUT2D eigenvalue weighted by molar-refractivity contribution is 6.42. The molecule has 0 heterocycles. The zero-order chi connectivity index (χ0) is 14.7. The predicted molar refractivity (Wildman–Crippen MR) is 87.9 cm³/mol. The average Bonchev–Trinajstić information content (AvgIpc) is 2.43. The molecule has 0 aliphatic heterocycles. The van der Waals surface area contributed by atoms with E-state index in [1.807, 2.05) is 26.2 Å². The molecule has 2 N–H and O–H groups in total. The van der Waals surface area contributed by atoms with Crippen LogP contribution in [-0.2, 0) is 6.42 Å². The van der Waals surface area contributed by atoms with E-state index in [2.05, 4.69) is 29.2 Å². The lowest BCUT2D eigenvalue weighted by atomic mass is 9.99. The average molecular weight is 309 g/mol. The molecule has 0 aliphatic carbocycles. The molecule has 0 amide bonds. The van der Waals surface area contributed by atoms with Crippen molar-refractivity contribution >= 4 is 28.9 Å². The van der Waals surface area contributed by atoms with E-state index in [9.17, 15) is 0 Å². The van der Waals surface area contributed by atoms with Gasteiger partial charge < -0.3 is 10.6 Å². The smallest absolute Gasteiger partial charge is 0.0595 e. The van der Waals surface area contributed by atoms with Gasteiger partial charge in [-0.3, -0.25) is 0 Å². The van der Waals surface area contributed by atoms with Crippen molar-refractivity contribution in [1.82, 2.24) is 0 Å². The van der Waals surface area contributed by atoms with Crippen LogP contribution in [0, 0.1) is 0 Å². The monoisotopic (exact) mass is 308 g/mol. The second kappa shape index (κ2) is 6.49. The largest absolute Gasteiger partial charge is 0.378 e. The van der Waals surface area contributed by atoms with Crippen LogP contribution < -0.4 is 10.6 Å². The van der Waals surface area contributed by atoms with E-state index in [-0.39, 0.29) is 6.04 Å². The zero-order valence-corrected chi connectivity index (χ0v) is 13.1. The summed E-state index contributed by atoms with van der Waals surface area (Å²) in [5, 5.41) is 1.14. The Morgan fingerprint density at radius 3 is 2.20 bits per heavy atom. The Bertz CT molecular complexity index is 580. The van der Waals surface area contributed by atoms with E-state index in [1.54, 1.807) is 6.07 Å². The molecule has 1 unspecified atom stereocenters. The van der Waals surface area contributed by atoms with Gasteiger partial charge in [0, 0.05) is 25.8 Å². The molecule has 0 aliphatic rings. The zero-order valence-electron chi connectivity index (χ0n) is 11.6. The third kappa shape index (κ3) is 3.66. The molecule has 2 rings (SSSR count). The van der Waals surface area contributed by atoms with Crippen molar-refractivity contribution in [2.75, 3.05) is 19.0 Å². The number of hydrogen-bond acceptors (Lipinski definition) is 2. The molecule has 1 atom stereocenters. The van der Waals surface area contributed by atoms with Gasteiger partial charge in [0.1, 0.15) is 0 Å². The van der Waals surface area contributed by atoms with Crippen LogP contribution in [-0.4, -0.2) is 14.1 Å². The van der Waals surface area contributed by atoms with E-state index in [0.29, 0.717) is 10.0 Å². The van der Waals surface area contributed by atoms with E-state index in [0.717, 1.165) is 23.2 Å². The summed E-state index contributed by atoms with van der Waals surface area (Å²) in [6, 6.07) is 13.9. The number of nitrogens with two attached hydrogens (primary N) is 1. The minimum atomic E-state index is -0.0524. The summed E-state index contributed by atoms with van der Waals surface area (Å²) >= 11 is 11.9. The van der Waals surface area contributed by atoms with Gasteiger partial charge in [0.2, 0.25) is 0 Å². The number of anilines is 1. The van der Waals surface area contributed by atoms with E-state index >= 15 is 0 Å². The topological polar surface area (TPSA) is 29.3 Å². The molecule has 0 saturated carbocycles. The molecular formula is C16H18Cl2N2. The number of benzene rings is 2. The third-order valence-electron chi connectivity index (χ3n) is 3.28. The van der Waals surface area contributed by atoms with Crippen LogP contribution in [0.1, 0.15) is 17.2 Å². The Kier molecular flexibility index (Phi) is 4.92. The third-order valence-corrected chi connectivity index (χ3v) is 4.02. The summed E-state index contributed by atoms with van der Waals surface area (Å²) in [6.45, 7) is 0. The highest BCUT2D eigenvalue weighted by Crippen LogP contribution is 2.25. The quantitative estimate of drug-likeness (QED) is 0.912. The Morgan fingerprint density at radius 1 is 1.00 bits per heavy atom. The van der Waals surface area contributed by atoms with Crippen LogP contribution >= 0.6 is 23.2 Å². The lowest BCUT2D eigenvalue weighted by molar-refractivity contribution is 0.722. The SMILES string of the molecule is CN(C)c1ccc(C(N)Cc2ccc(Cl)c(Cl)c2)cc1. The van der Waals surface area contributed by atoms with Gasteiger partial charge in [-0.2, -0.15) is 0 Å². The fourth-order valence-electron chi connectivity index (χ4n) is 2.06. The maximum Gasteiger partial charge on any atom is 0.0595 e. The fraction of sp³-hybridized carbons (Fsp3) is 0.250. The lowest BCUT2D eigenvalue weighted by Gasteiger charge is -2.16. The molecule has 0 spiro atoms. The maximum atomic E-state index is 6.25. The highest BCUT2D eigenvalue weighted by Gasteiger charge is 2.09. The van der Waals surface area contributed by atoms with Gasteiger partial charge in [0.05, 0.1) is 10.0 Å². The van der Waals surface area contributed by atoms with Crippen molar-refractivity contribution in [3.8, 4) is 0 Å². The van der Waals surface area contributed by atoms with Crippen LogP contribution in [0.4, 0.5) is 5.69 Å².